The summed E-state index contributed by atoms with van der Waals surface area (Å²) in [6.45, 7) is 2.03. The molecule has 28 heavy (non-hydrogen) atoms. The van der Waals surface area contributed by atoms with Crippen LogP contribution >= 0.6 is 0 Å². The van der Waals surface area contributed by atoms with Crippen LogP contribution in [0.1, 0.15) is 36.2 Å². The third-order valence-electron chi connectivity index (χ3n) is 5.06. The van der Waals surface area contributed by atoms with Crippen molar-refractivity contribution in [2.75, 3.05) is 7.05 Å². The SMILES string of the molecule is CN1OC(C)(c2cccnc2)CC1c1ccc(-n2ccc(C(F)(F)F)n2)cc1. The van der Waals surface area contributed by atoms with E-state index in [4.69, 9.17) is 4.84 Å². The van der Waals surface area contributed by atoms with Crippen molar-refractivity contribution in [3.05, 3.63) is 77.9 Å². The maximum atomic E-state index is 12.7. The average Bonchev–Trinajstić information content (AvgIpc) is 3.28. The number of hydroxylamine groups is 2. The monoisotopic (exact) mass is 388 g/mol. The largest absolute Gasteiger partial charge is 0.435 e. The second kappa shape index (κ2) is 6.72. The summed E-state index contributed by atoms with van der Waals surface area (Å²) < 4.78 is 39.4. The van der Waals surface area contributed by atoms with Gasteiger partial charge < -0.3 is 0 Å². The third-order valence-corrected chi connectivity index (χ3v) is 5.06. The highest BCUT2D eigenvalue weighted by Gasteiger charge is 2.42. The molecule has 4 rings (SSSR count). The molecule has 0 bridgehead atoms. The molecular formula is C20H19F3N4O. The zero-order valence-corrected chi connectivity index (χ0v) is 15.4. The molecule has 8 heteroatoms. The van der Waals surface area contributed by atoms with Gasteiger partial charge in [-0.05, 0) is 36.8 Å². The Morgan fingerprint density at radius 2 is 1.89 bits per heavy atom. The van der Waals surface area contributed by atoms with E-state index in [-0.39, 0.29) is 6.04 Å². The highest BCUT2D eigenvalue weighted by Crippen LogP contribution is 2.45. The van der Waals surface area contributed by atoms with Gasteiger partial charge in [0.1, 0.15) is 5.60 Å². The van der Waals surface area contributed by atoms with Crippen molar-refractivity contribution in [1.82, 2.24) is 19.8 Å². The van der Waals surface area contributed by atoms with Gasteiger partial charge in [0.15, 0.2) is 5.69 Å². The Bertz CT molecular complexity index is 956. The maximum absolute atomic E-state index is 12.7. The van der Waals surface area contributed by atoms with Crippen LogP contribution in [0.2, 0.25) is 0 Å². The maximum Gasteiger partial charge on any atom is 0.435 e. The van der Waals surface area contributed by atoms with E-state index in [1.165, 1.54) is 10.9 Å². The molecule has 1 saturated heterocycles. The van der Waals surface area contributed by atoms with Gasteiger partial charge in [0.2, 0.25) is 0 Å². The summed E-state index contributed by atoms with van der Waals surface area (Å²) in [7, 11) is 1.88. The summed E-state index contributed by atoms with van der Waals surface area (Å²) in [4.78, 5) is 10.3. The first kappa shape index (κ1) is 18.6. The highest BCUT2D eigenvalue weighted by molar-refractivity contribution is 5.36. The lowest BCUT2D eigenvalue weighted by atomic mass is 9.89. The predicted molar refractivity (Wildman–Crippen MR) is 96.4 cm³/mol. The van der Waals surface area contributed by atoms with Gasteiger partial charge in [0.05, 0.1) is 11.7 Å². The topological polar surface area (TPSA) is 43.2 Å². The molecule has 1 aliphatic heterocycles. The number of aromatic nitrogens is 3. The molecule has 3 heterocycles. The van der Waals surface area contributed by atoms with Crippen LogP contribution in [0.15, 0.2) is 61.1 Å². The average molecular weight is 388 g/mol. The van der Waals surface area contributed by atoms with Gasteiger partial charge in [-0.25, -0.2) is 4.68 Å². The molecule has 2 aromatic heterocycles. The Kier molecular flexibility index (Phi) is 4.47. The van der Waals surface area contributed by atoms with Crippen molar-refractivity contribution in [3.8, 4) is 5.69 Å². The van der Waals surface area contributed by atoms with Crippen LogP contribution in [0.4, 0.5) is 13.2 Å². The first-order chi connectivity index (χ1) is 13.3. The van der Waals surface area contributed by atoms with Crippen molar-refractivity contribution < 1.29 is 18.0 Å². The number of hydrogen-bond acceptors (Lipinski definition) is 4. The zero-order chi connectivity index (χ0) is 19.9. The predicted octanol–water partition coefficient (Wildman–Crippen LogP) is 4.51. The summed E-state index contributed by atoms with van der Waals surface area (Å²) in [6, 6.07) is 12.2. The lowest BCUT2D eigenvalue weighted by Gasteiger charge is -2.23. The Morgan fingerprint density at radius 1 is 1.14 bits per heavy atom. The van der Waals surface area contributed by atoms with Gasteiger partial charge in [-0.1, -0.05) is 18.2 Å². The molecule has 3 aromatic rings. The molecule has 0 aliphatic carbocycles. The molecule has 0 radical (unpaired) electrons. The second-order valence-electron chi connectivity index (χ2n) is 7.06. The summed E-state index contributed by atoms with van der Waals surface area (Å²) in [5.74, 6) is 0. The van der Waals surface area contributed by atoms with Gasteiger partial charge in [0.25, 0.3) is 0 Å². The van der Waals surface area contributed by atoms with E-state index >= 15 is 0 Å². The Balaban J connectivity index is 1.55. The molecule has 1 aromatic carbocycles. The number of halogens is 3. The van der Waals surface area contributed by atoms with Crippen molar-refractivity contribution in [3.63, 3.8) is 0 Å². The van der Waals surface area contributed by atoms with E-state index in [0.717, 1.165) is 23.6 Å². The number of pyridine rings is 1. The quantitative estimate of drug-likeness (QED) is 0.662. The van der Waals surface area contributed by atoms with Gasteiger partial charge >= 0.3 is 6.18 Å². The minimum Gasteiger partial charge on any atom is -0.287 e. The zero-order valence-electron chi connectivity index (χ0n) is 15.4. The highest BCUT2D eigenvalue weighted by atomic mass is 19.4. The fraction of sp³-hybridized carbons (Fsp3) is 0.300. The summed E-state index contributed by atoms with van der Waals surface area (Å²) in [5.41, 5.74) is 1.18. The van der Waals surface area contributed by atoms with E-state index in [9.17, 15) is 13.2 Å². The second-order valence-corrected chi connectivity index (χ2v) is 7.06. The van der Waals surface area contributed by atoms with Crippen LogP contribution in [0.3, 0.4) is 0 Å². The van der Waals surface area contributed by atoms with Crippen LogP contribution in [0.25, 0.3) is 5.69 Å². The van der Waals surface area contributed by atoms with Gasteiger partial charge in [-0.2, -0.15) is 23.3 Å². The molecule has 5 nitrogen and oxygen atoms in total. The molecule has 2 unspecified atom stereocenters. The van der Waals surface area contributed by atoms with E-state index in [1.54, 1.807) is 24.5 Å². The van der Waals surface area contributed by atoms with Crippen molar-refractivity contribution in [1.29, 1.82) is 0 Å². The molecule has 0 amide bonds. The molecule has 1 fully saturated rings. The first-order valence-corrected chi connectivity index (χ1v) is 8.82. The molecule has 2 atom stereocenters. The van der Waals surface area contributed by atoms with Crippen LogP contribution in [-0.4, -0.2) is 26.9 Å². The molecule has 146 valence electrons. The van der Waals surface area contributed by atoms with Crippen LogP contribution in [-0.2, 0) is 16.6 Å². The third kappa shape index (κ3) is 3.41. The summed E-state index contributed by atoms with van der Waals surface area (Å²) in [6.07, 6.45) is 1.11. The van der Waals surface area contributed by atoms with E-state index < -0.39 is 17.5 Å². The van der Waals surface area contributed by atoms with Crippen LogP contribution in [0.5, 0.6) is 0 Å². The van der Waals surface area contributed by atoms with Crippen molar-refractivity contribution in [2.24, 2.45) is 0 Å². The van der Waals surface area contributed by atoms with E-state index in [1.807, 2.05) is 43.3 Å². The molecule has 0 saturated carbocycles. The Hall–Kier alpha value is -2.71. The number of alkyl halides is 3. The fourth-order valence-corrected chi connectivity index (χ4v) is 3.56. The van der Waals surface area contributed by atoms with Gasteiger partial charge in [0, 0.05) is 37.6 Å². The smallest absolute Gasteiger partial charge is 0.287 e. The number of benzene rings is 1. The van der Waals surface area contributed by atoms with Gasteiger partial charge in [-0.15, -0.1) is 0 Å². The minimum atomic E-state index is -4.45. The van der Waals surface area contributed by atoms with Crippen molar-refractivity contribution in [2.45, 2.75) is 31.2 Å². The lowest BCUT2D eigenvalue weighted by Crippen LogP contribution is -2.23. The summed E-state index contributed by atoms with van der Waals surface area (Å²) >= 11 is 0. The normalized spacial score (nSPS) is 23.2. The minimum absolute atomic E-state index is 0.0163. The lowest BCUT2D eigenvalue weighted by molar-refractivity contribution is -0.188. The fourth-order valence-electron chi connectivity index (χ4n) is 3.56. The first-order valence-electron chi connectivity index (χ1n) is 8.82. The Morgan fingerprint density at radius 3 is 2.50 bits per heavy atom. The van der Waals surface area contributed by atoms with Crippen LogP contribution in [0, 0.1) is 0 Å². The van der Waals surface area contributed by atoms with Crippen molar-refractivity contribution >= 4 is 0 Å². The molecule has 0 N–H and O–H groups in total. The number of nitrogens with zero attached hydrogens (tertiary/aromatic N) is 4. The molecular weight excluding hydrogens is 369 g/mol. The molecule has 0 spiro atoms. The van der Waals surface area contributed by atoms with E-state index in [2.05, 4.69) is 10.1 Å². The van der Waals surface area contributed by atoms with Crippen LogP contribution < -0.4 is 0 Å². The standard InChI is InChI=1S/C20H19F3N4O/c1-19(15-4-3-10-24-13-15)12-17(26(2)28-19)14-5-7-16(8-6-14)27-11-9-18(25-27)20(21,22)23/h3-11,13,17H,12H2,1-2H3. The van der Waals surface area contributed by atoms with Gasteiger partial charge in [-0.3, -0.25) is 9.82 Å². The number of rotatable bonds is 3. The molecule has 1 aliphatic rings. The Labute approximate surface area is 160 Å². The van der Waals surface area contributed by atoms with E-state index in [0.29, 0.717) is 5.69 Å². The summed E-state index contributed by atoms with van der Waals surface area (Å²) in [5, 5.41) is 5.42. The number of hydrogen-bond donors (Lipinski definition) is 0.